The highest BCUT2D eigenvalue weighted by Crippen LogP contribution is 2.39. The second-order valence-electron chi connectivity index (χ2n) is 6.44. The minimum Gasteiger partial charge on any atom is -0.479 e. The summed E-state index contributed by atoms with van der Waals surface area (Å²) in [5.74, 6) is 0.794. The largest absolute Gasteiger partial charge is 0.479 e. The number of benzene rings is 2. The lowest BCUT2D eigenvalue weighted by molar-refractivity contribution is 0.165. The molecule has 28 heavy (non-hydrogen) atoms. The fourth-order valence-corrected chi connectivity index (χ4v) is 4.26. The van der Waals surface area contributed by atoms with E-state index in [-0.39, 0.29) is 6.04 Å². The summed E-state index contributed by atoms with van der Waals surface area (Å²) in [4.78, 5) is 9.14. The van der Waals surface area contributed by atoms with Gasteiger partial charge in [0.15, 0.2) is 5.82 Å². The van der Waals surface area contributed by atoms with Gasteiger partial charge in [0.25, 0.3) is 0 Å². The fraction of sp³-hybridized carbons (Fsp3) is 0.200. The third-order valence-electron chi connectivity index (χ3n) is 4.70. The number of hydrogen-bond acceptors (Lipinski definition) is 5. The first-order valence-electron chi connectivity index (χ1n) is 8.57. The summed E-state index contributed by atoms with van der Waals surface area (Å²) in [6, 6.07) is 12.8. The van der Waals surface area contributed by atoms with E-state index in [1.165, 1.54) is 7.11 Å². The fourth-order valence-electron chi connectivity index (χ4n) is 3.39. The lowest BCUT2D eigenvalue weighted by Crippen LogP contribution is -2.22. The van der Waals surface area contributed by atoms with E-state index in [2.05, 4.69) is 31.2 Å². The molecular formula is C20H16BrCl2N3O2. The van der Waals surface area contributed by atoms with Crippen LogP contribution in [0.15, 0.2) is 47.1 Å². The Morgan fingerprint density at radius 2 is 1.96 bits per heavy atom. The lowest BCUT2D eigenvalue weighted by atomic mass is 10.1. The van der Waals surface area contributed by atoms with Gasteiger partial charge in [-0.3, -0.25) is 0 Å². The van der Waals surface area contributed by atoms with Crippen LogP contribution in [0.3, 0.4) is 0 Å². The highest BCUT2D eigenvalue weighted by Gasteiger charge is 2.32. The molecule has 0 saturated carbocycles. The highest BCUT2D eigenvalue weighted by molar-refractivity contribution is 9.10. The number of ether oxygens (including phenoxy) is 1. The Labute approximate surface area is 180 Å². The number of aliphatic hydroxyl groups excluding tert-OH is 1. The number of methoxy groups -OCH3 is 1. The average Bonchev–Trinajstić information content (AvgIpc) is 2.98. The van der Waals surface area contributed by atoms with Gasteiger partial charge in [0, 0.05) is 17.0 Å². The van der Waals surface area contributed by atoms with E-state index in [0.717, 1.165) is 11.1 Å². The van der Waals surface area contributed by atoms with Gasteiger partial charge in [0.1, 0.15) is 10.3 Å². The van der Waals surface area contributed by atoms with E-state index in [9.17, 15) is 5.11 Å². The molecule has 0 radical (unpaired) electrons. The molecule has 2 N–H and O–H groups in total. The van der Waals surface area contributed by atoms with Gasteiger partial charge in [0.05, 0.1) is 24.3 Å². The minimum atomic E-state index is -0.553. The molecule has 0 saturated heterocycles. The maximum absolute atomic E-state index is 10.5. The Hall–Kier alpha value is -1.86. The summed E-state index contributed by atoms with van der Waals surface area (Å²) in [5, 5.41) is 14.8. The molecule has 144 valence electrons. The smallest absolute Gasteiger partial charge is 0.242 e. The Morgan fingerprint density at radius 1 is 1.18 bits per heavy atom. The lowest BCUT2D eigenvalue weighted by Gasteiger charge is -2.20. The summed E-state index contributed by atoms with van der Waals surface area (Å²) < 4.78 is 5.94. The molecular weight excluding hydrogens is 465 g/mol. The SMILES string of the molecule is COc1nc(N[C@@H]2c3ccccc3C[C@@H]2O)c(Br)nc1-c1ccc(Cl)cc1Cl. The first-order chi connectivity index (χ1) is 13.5. The number of aromatic nitrogens is 2. The van der Waals surface area contributed by atoms with E-state index in [1.54, 1.807) is 18.2 Å². The molecule has 5 nitrogen and oxygen atoms in total. The number of fused-ring (bicyclic) bond motifs is 1. The molecule has 0 unspecified atom stereocenters. The van der Waals surface area contributed by atoms with Crippen molar-refractivity contribution >= 4 is 44.9 Å². The number of anilines is 1. The topological polar surface area (TPSA) is 67.3 Å². The van der Waals surface area contributed by atoms with Crippen LogP contribution in [0.2, 0.25) is 10.0 Å². The standard InChI is InChI=1S/C20H16BrCl2N3O2/c1-28-20-17(13-7-6-11(22)9-14(13)23)24-18(21)19(26-20)25-16-12-5-3-2-4-10(12)8-15(16)27/h2-7,9,15-16,27H,8H2,1H3,(H,25,26)/t15-,16+/m0/s1. The van der Waals surface area contributed by atoms with E-state index < -0.39 is 6.10 Å². The van der Waals surface area contributed by atoms with Crippen LogP contribution in [-0.2, 0) is 6.42 Å². The number of nitrogens with one attached hydrogen (secondary N) is 1. The van der Waals surface area contributed by atoms with E-state index in [1.807, 2.05) is 24.3 Å². The summed E-state index contributed by atoms with van der Waals surface area (Å²) in [5.41, 5.74) is 3.32. The third kappa shape index (κ3) is 3.57. The van der Waals surface area contributed by atoms with Crippen LogP contribution < -0.4 is 10.1 Å². The van der Waals surface area contributed by atoms with E-state index in [0.29, 0.717) is 44.0 Å². The average molecular weight is 481 g/mol. The van der Waals surface area contributed by atoms with Crippen molar-refractivity contribution in [3.63, 3.8) is 0 Å². The van der Waals surface area contributed by atoms with Crippen molar-refractivity contribution in [1.29, 1.82) is 0 Å². The second kappa shape index (κ2) is 7.87. The van der Waals surface area contributed by atoms with Crippen LogP contribution in [0.4, 0.5) is 5.82 Å². The van der Waals surface area contributed by atoms with Crippen molar-refractivity contribution in [2.24, 2.45) is 0 Å². The Balaban J connectivity index is 1.72. The van der Waals surface area contributed by atoms with Gasteiger partial charge in [-0.05, 0) is 45.3 Å². The highest BCUT2D eigenvalue weighted by atomic mass is 79.9. The molecule has 2 atom stereocenters. The van der Waals surface area contributed by atoms with Crippen molar-refractivity contribution in [3.05, 3.63) is 68.2 Å². The molecule has 1 aliphatic rings. The van der Waals surface area contributed by atoms with Crippen LogP contribution in [0.5, 0.6) is 5.88 Å². The zero-order valence-electron chi connectivity index (χ0n) is 14.8. The molecule has 0 fully saturated rings. The zero-order valence-corrected chi connectivity index (χ0v) is 17.9. The molecule has 0 spiro atoms. The van der Waals surface area contributed by atoms with Crippen molar-refractivity contribution in [3.8, 4) is 17.1 Å². The molecule has 4 rings (SSSR count). The molecule has 1 heterocycles. The number of halogens is 3. The molecule has 0 aliphatic heterocycles. The Kier molecular flexibility index (Phi) is 5.47. The normalized spacial score (nSPS) is 18.0. The van der Waals surface area contributed by atoms with Gasteiger partial charge in [-0.1, -0.05) is 47.5 Å². The summed E-state index contributed by atoms with van der Waals surface area (Å²) in [7, 11) is 1.52. The van der Waals surface area contributed by atoms with Crippen LogP contribution in [0, 0.1) is 0 Å². The first kappa shape index (κ1) is 19.5. The molecule has 2 aromatic carbocycles. The van der Waals surface area contributed by atoms with E-state index in [4.69, 9.17) is 27.9 Å². The molecule has 0 bridgehead atoms. The van der Waals surface area contributed by atoms with Gasteiger partial charge < -0.3 is 15.2 Å². The van der Waals surface area contributed by atoms with Gasteiger partial charge in [-0.15, -0.1) is 0 Å². The molecule has 0 amide bonds. The minimum absolute atomic E-state index is 0.281. The maximum atomic E-state index is 10.5. The number of nitrogens with zero attached hydrogens (tertiary/aromatic N) is 2. The maximum Gasteiger partial charge on any atom is 0.242 e. The zero-order chi connectivity index (χ0) is 19.8. The van der Waals surface area contributed by atoms with Crippen molar-refractivity contribution in [2.45, 2.75) is 18.6 Å². The van der Waals surface area contributed by atoms with Crippen LogP contribution in [0.25, 0.3) is 11.3 Å². The number of hydrogen-bond donors (Lipinski definition) is 2. The van der Waals surface area contributed by atoms with Crippen LogP contribution in [-0.4, -0.2) is 28.3 Å². The summed E-state index contributed by atoms with van der Waals surface area (Å²) in [6.07, 6.45) is 0.0385. The van der Waals surface area contributed by atoms with E-state index >= 15 is 0 Å². The molecule has 8 heteroatoms. The van der Waals surface area contributed by atoms with Crippen molar-refractivity contribution < 1.29 is 9.84 Å². The summed E-state index contributed by atoms with van der Waals surface area (Å²) >= 11 is 15.8. The summed E-state index contributed by atoms with van der Waals surface area (Å²) in [6.45, 7) is 0. The van der Waals surface area contributed by atoms with Gasteiger partial charge in [-0.25, -0.2) is 4.98 Å². The molecule has 1 aromatic heterocycles. The predicted molar refractivity (Wildman–Crippen MR) is 114 cm³/mol. The quantitative estimate of drug-likeness (QED) is 0.530. The number of rotatable bonds is 4. The first-order valence-corrected chi connectivity index (χ1v) is 10.1. The Bertz CT molecular complexity index is 1050. The monoisotopic (exact) mass is 479 g/mol. The van der Waals surface area contributed by atoms with Gasteiger partial charge in [-0.2, -0.15) is 4.98 Å². The third-order valence-corrected chi connectivity index (χ3v) is 5.80. The number of aliphatic hydroxyl groups is 1. The van der Waals surface area contributed by atoms with Gasteiger partial charge >= 0.3 is 0 Å². The van der Waals surface area contributed by atoms with Crippen LogP contribution >= 0.6 is 39.1 Å². The molecule has 1 aliphatic carbocycles. The van der Waals surface area contributed by atoms with Crippen molar-refractivity contribution in [2.75, 3.05) is 12.4 Å². The predicted octanol–water partition coefficient (Wildman–Crippen LogP) is 5.29. The van der Waals surface area contributed by atoms with Crippen LogP contribution in [0.1, 0.15) is 17.2 Å². The second-order valence-corrected chi connectivity index (χ2v) is 8.03. The molecule has 3 aromatic rings. The Morgan fingerprint density at radius 3 is 2.71 bits per heavy atom. The van der Waals surface area contributed by atoms with Crippen molar-refractivity contribution in [1.82, 2.24) is 9.97 Å². The van der Waals surface area contributed by atoms with Gasteiger partial charge in [0.2, 0.25) is 5.88 Å².